The molecular formula is C76H55N9O3. The van der Waals surface area contributed by atoms with Crippen LogP contribution in [0.4, 0.5) is 17.1 Å². The molecule has 12 nitrogen and oxygen atoms in total. The summed E-state index contributed by atoms with van der Waals surface area (Å²) in [6.45, 7) is 0.759. The van der Waals surface area contributed by atoms with E-state index in [1.807, 2.05) is 219 Å². The van der Waals surface area contributed by atoms with Gasteiger partial charge in [-0.2, -0.15) is 0 Å². The van der Waals surface area contributed by atoms with Gasteiger partial charge >= 0.3 is 0 Å². The highest BCUT2D eigenvalue weighted by Gasteiger charge is 2.27. The second-order valence-corrected chi connectivity index (χ2v) is 20.5. The van der Waals surface area contributed by atoms with Gasteiger partial charge < -0.3 is 31.4 Å². The predicted octanol–water partition coefficient (Wildman–Crippen LogP) is 13.9. The van der Waals surface area contributed by atoms with Gasteiger partial charge in [0.2, 0.25) is 0 Å². The van der Waals surface area contributed by atoms with Crippen LogP contribution in [0.15, 0.2) is 256 Å². The van der Waals surface area contributed by atoms with Crippen molar-refractivity contribution in [1.82, 2.24) is 29.9 Å². The van der Waals surface area contributed by atoms with Crippen LogP contribution in [0.1, 0.15) is 72.7 Å². The van der Waals surface area contributed by atoms with Gasteiger partial charge in [-0.25, -0.2) is 0 Å². The molecule has 6 aromatic carbocycles. The molecular weight excluding hydrogens is 1090 g/mol. The van der Waals surface area contributed by atoms with Crippen molar-refractivity contribution in [1.29, 1.82) is 0 Å². The summed E-state index contributed by atoms with van der Waals surface area (Å²) in [5.74, 6) is 20.6. The molecule has 0 saturated heterocycles. The number of rotatable bonds is 15. The molecule has 0 saturated carbocycles. The van der Waals surface area contributed by atoms with E-state index in [1.54, 1.807) is 18.6 Å². The van der Waals surface area contributed by atoms with Gasteiger partial charge in [-0.05, 0) is 146 Å². The molecule has 0 atom stereocenters. The lowest BCUT2D eigenvalue weighted by Gasteiger charge is -2.26. The van der Waals surface area contributed by atoms with E-state index in [1.165, 1.54) is 0 Å². The van der Waals surface area contributed by atoms with E-state index < -0.39 is 5.92 Å². The first-order valence-electron chi connectivity index (χ1n) is 28.3. The largest absolute Gasteiger partial charge is 0.489 e. The van der Waals surface area contributed by atoms with Crippen molar-refractivity contribution < 1.29 is 14.2 Å². The zero-order chi connectivity index (χ0) is 59.9. The lowest BCUT2D eigenvalue weighted by Crippen LogP contribution is -2.11. The van der Waals surface area contributed by atoms with E-state index >= 15 is 0 Å². The number of nitrogen functional groups attached to an aromatic ring is 3. The Morgan fingerprint density at radius 3 is 0.750 bits per heavy atom. The molecule has 88 heavy (non-hydrogen) atoms. The summed E-state index contributed by atoms with van der Waals surface area (Å²) in [6.07, 6.45) is 10.7. The first kappa shape index (κ1) is 56.2. The Morgan fingerprint density at radius 1 is 0.261 bits per heavy atom. The quantitative estimate of drug-likeness (QED) is 0.0502. The van der Waals surface area contributed by atoms with Crippen LogP contribution in [0, 0.1) is 35.5 Å². The van der Waals surface area contributed by atoms with Crippen molar-refractivity contribution in [2.75, 3.05) is 17.2 Å². The van der Waals surface area contributed by atoms with Gasteiger partial charge in [-0.1, -0.05) is 108 Å². The van der Waals surface area contributed by atoms with Crippen molar-refractivity contribution in [2.24, 2.45) is 0 Å². The van der Waals surface area contributed by atoms with Gasteiger partial charge in [0.1, 0.15) is 37.1 Å². The van der Waals surface area contributed by atoms with Crippen LogP contribution >= 0.6 is 0 Å². The van der Waals surface area contributed by atoms with Crippen molar-refractivity contribution in [3.8, 4) is 86.9 Å². The van der Waals surface area contributed by atoms with Gasteiger partial charge in [0.15, 0.2) is 0 Å². The first-order valence-corrected chi connectivity index (χ1v) is 28.3. The Bertz CT molecular complexity index is 4080. The summed E-state index contributed by atoms with van der Waals surface area (Å²) < 4.78 is 20.4. The predicted molar refractivity (Wildman–Crippen MR) is 346 cm³/mol. The van der Waals surface area contributed by atoms with Gasteiger partial charge in [0.05, 0.1) is 34.2 Å². The van der Waals surface area contributed by atoms with Gasteiger partial charge in [-0.15, -0.1) is 0 Å². The Balaban J connectivity index is 0.781. The minimum atomic E-state index is -0.425. The van der Waals surface area contributed by atoms with Gasteiger partial charge in [0.25, 0.3) is 0 Å². The molecule has 0 bridgehead atoms. The van der Waals surface area contributed by atoms with E-state index in [9.17, 15) is 0 Å². The summed E-state index contributed by atoms with van der Waals surface area (Å²) >= 11 is 0. The molecule has 0 aliphatic heterocycles. The molecule has 6 N–H and O–H groups in total. The summed E-state index contributed by atoms with van der Waals surface area (Å²) in [6, 6.07) is 70.1. The van der Waals surface area contributed by atoms with Crippen LogP contribution in [-0.4, -0.2) is 29.9 Å². The van der Waals surface area contributed by atoms with E-state index in [0.717, 1.165) is 101 Å². The summed E-state index contributed by atoms with van der Waals surface area (Å²) in [4.78, 5) is 28.4. The van der Waals surface area contributed by atoms with E-state index in [-0.39, 0.29) is 19.8 Å². The van der Waals surface area contributed by atoms with Crippen LogP contribution in [-0.2, 0) is 19.8 Å². The molecule has 0 aliphatic rings. The molecule has 0 fully saturated rings. The fourth-order valence-electron chi connectivity index (χ4n) is 9.51. The number of nitrogens with two attached hydrogens (primary N) is 3. The zero-order valence-corrected chi connectivity index (χ0v) is 47.6. The lowest BCUT2D eigenvalue weighted by molar-refractivity contribution is 0.293. The Hall–Kier alpha value is -12.3. The number of nitrogens with zero attached hydrogens (tertiary/aromatic N) is 6. The minimum absolute atomic E-state index is 0.253. The number of para-hydroxylation sites is 3. The molecule has 12 heteroatoms. The number of anilines is 3. The number of ether oxygens (including phenoxy) is 3. The molecule has 12 rings (SSSR count). The maximum absolute atomic E-state index is 6.79. The van der Waals surface area contributed by atoms with Crippen LogP contribution < -0.4 is 31.4 Å². The fraction of sp³-hybridized carbons (Fsp3) is 0.0526. The number of hydrogen-bond donors (Lipinski definition) is 3. The number of benzene rings is 6. The first-order chi connectivity index (χ1) is 43.3. The number of pyridine rings is 6. The topological polar surface area (TPSA) is 183 Å². The molecule has 0 spiro atoms. The Labute approximate surface area is 510 Å². The summed E-state index contributed by atoms with van der Waals surface area (Å²) in [7, 11) is 0. The third kappa shape index (κ3) is 14.4. The average Bonchev–Trinajstić information content (AvgIpc) is 1.32. The Kier molecular flexibility index (Phi) is 17.2. The van der Waals surface area contributed by atoms with Crippen LogP contribution in [0.25, 0.3) is 34.2 Å². The molecule has 12 aromatic rings. The van der Waals surface area contributed by atoms with Crippen molar-refractivity contribution in [3.63, 3.8) is 0 Å². The Morgan fingerprint density at radius 2 is 0.500 bits per heavy atom. The highest BCUT2D eigenvalue weighted by molar-refractivity contribution is 5.61. The highest BCUT2D eigenvalue weighted by atomic mass is 16.5. The zero-order valence-electron chi connectivity index (χ0n) is 47.6. The third-order valence-electron chi connectivity index (χ3n) is 14.2. The molecule has 0 aliphatic carbocycles. The average molecular weight is 1140 g/mol. The SMILES string of the molecule is Nc1ccc(C#Cc2ccc(-c3ccc(COc4ccccc4C(c4ccccc4OCc4ccc(-c5ccc(C#Cc6ccc(N)cc6)cn5)nc4)c4ccccc4OCc4ccc(-c5ccc(C#Cc6ccc(N)cc6)cn5)nc4)cn3)nc2)cc1. The summed E-state index contributed by atoms with van der Waals surface area (Å²) in [5.41, 5.74) is 34.4. The number of aromatic nitrogens is 6. The van der Waals surface area contributed by atoms with Crippen LogP contribution in [0.3, 0.4) is 0 Å². The standard InChI is InChI=1S/C76H55N9O3/c77-61-31-19-52(20-32-61)13-16-55-25-37-67(80-43-55)70-40-28-58(46-83-70)49-86-73-10-4-1-7-64(73)76(65-8-2-5-11-74(65)87-50-59-29-41-71(84-47-59)68-38-26-56(44-81-68)17-14-53-21-33-62(78)34-22-53)66-9-3-6-12-75(66)88-51-60-30-42-72(85-48-60)69-39-27-57(45-82-69)18-15-54-23-35-63(79)36-24-54/h1-12,19-48,76H,49-51,77-79H2. The maximum Gasteiger partial charge on any atom is 0.123 e. The van der Waals surface area contributed by atoms with Crippen molar-refractivity contribution >= 4 is 17.1 Å². The molecule has 0 radical (unpaired) electrons. The fourth-order valence-corrected chi connectivity index (χ4v) is 9.51. The number of hydrogen-bond acceptors (Lipinski definition) is 12. The molecule has 6 heterocycles. The minimum Gasteiger partial charge on any atom is -0.489 e. The van der Waals surface area contributed by atoms with Gasteiger partial charge in [-0.3, -0.25) is 29.9 Å². The van der Waals surface area contributed by atoms with Crippen LogP contribution in [0.5, 0.6) is 17.2 Å². The van der Waals surface area contributed by atoms with E-state index in [4.69, 9.17) is 46.4 Å². The smallest absolute Gasteiger partial charge is 0.123 e. The van der Waals surface area contributed by atoms with E-state index in [0.29, 0.717) is 34.3 Å². The maximum atomic E-state index is 6.79. The molecule has 0 unspecified atom stereocenters. The van der Waals surface area contributed by atoms with Gasteiger partial charge in [0, 0.05) is 127 Å². The molecule has 422 valence electrons. The van der Waals surface area contributed by atoms with Crippen molar-refractivity contribution in [2.45, 2.75) is 25.7 Å². The van der Waals surface area contributed by atoms with E-state index in [2.05, 4.69) is 68.7 Å². The van der Waals surface area contributed by atoms with Crippen molar-refractivity contribution in [3.05, 3.63) is 322 Å². The third-order valence-corrected chi connectivity index (χ3v) is 14.2. The second-order valence-electron chi connectivity index (χ2n) is 20.5. The molecule has 6 aromatic heterocycles. The molecule has 0 amide bonds. The monoisotopic (exact) mass is 1140 g/mol. The lowest BCUT2D eigenvalue weighted by atomic mass is 9.83. The summed E-state index contributed by atoms with van der Waals surface area (Å²) in [5, 5.41) is 0. The second kappa shape index (κ2) is 27.0. The normalized spacial score (nSPS) is 10.6. The highest BCUT2D eigenvalue weighted by Crippen LogP contribution is 2.45. The van der Waals surface area contributed by atoms with Crippen LogP contribution in [0.2, 0.25) is 0 Å².